The van der Waals surface area contributed by atoms with Crippen LogP contribution in [0.15, 0.2) is 34.0 Å². The number of ketones is 2. The second-order valence-corrected chi connectivity index (χ2v) is 5.51. The van der Waals surface area contributed by atoms with Crippen molar-refractivity contribution in [3.05, 3.63) is 45.9 Å². The highest BCUT2D eigenvalue weighted by atomic mass is 16.2. The Kier molecular flexibility index (Phi) is 2.64. The molecular weight excluding hydrogens is 252 g/mol. The third-order valence-electron chi connectivity index (χ3n) is 3.82. The molecule has 1 fully saturated rings. The standard InChI is InChI=1S/C16H16N2O2/c1-7-5-9(3)17-13(7)11-15(19)12(16(11)20)14-8(2)6-10(4)18-14/h5-6,11,17H,1-4H3. The largest absolute Gasteiger partial charge is 0.361 e. The van der Waals surface area contributed by atoms with Gasteiger partial charge in [-0.3, -0.25) is 14.6 Å². The molecule has 0 spiro atoms. The van der Waals surface area contributed by atoms with Crippen molar-refractivity contribution in [2.45, 2.75) is 33.6 Å². The lowest BCUT2D eigenvalue weighted by Gasteiger charge is -2.27. The summed E-state index contributed by atoms with van der Waals surface area (Å²) in [4.78, 5) is 32.2. The van der Waals surface area contributed by atoms with Gasteiger partial charge in [0, 0.05) is 17.1 Å². The zero-order valence-corrected chi connectivity index (χ0v) is 12.0. The Morgan fingerprint density at radius 1 is 1.10 bits per heavy atom. The number of nitrogens with zero attached hydrogens (tertiary/aromatic N) is 1. The van der Waals surface area contributed by atoms with E-state index in [-0.39, 0.29) is 17.1 Å². The fourth-order valence-electron chi connectivity index (χ4n) is 2.93. The van der Waals surface area contributed by atoms with Crippen LogP contribution in [0.3, 0.4) is 0 Å². The number of aromatic amines is 1. The molecule has 1 aromatic heterocycles. The normalized spacial score (nSPS) is 22.1. The van der Waals surface area contributed by atoms with Gasteiger partial charge in [-0.15, -0.1) is 0 Å². The average Bonchev–Trinajstić information content (AvgIpc) is 2.83. The van der Waals surface area contributed by atoms with E-state index in [2.05, 4.69) is 9.98 Å². The summed E-state index contributed by atoms with van der Waals surface area (Å²) in [6, 6.07) is 1.95. The van der Waals surface area contributed by atoms with Crippen LogP contribution in [-0.4, -0.2) is 22.3 Å². The Morgan fingerprint density at radius 2 is 1.75 bits per heavy atom. The third-order valence-corrected chi connectivity index (χ3v) is 3.82. The minimum Gasteiger partial charge on any atom is -0.361 e. The van der Waals surface area contributed by atoms with Crippen LogP contribution in [0.1, 0.15) is 36.7 Å². The van der Waals surface area contributed by atoms with Gasteiger partial charge >= 0.3 is 0 Å². The van der Waals surface area contributed by atoms with Gasteiger partial charge in [-0.25, -0.2) is 0 Å². The van der Waals surface area contributed by atoms with E-state index in [1.807, 2.05) is 39.8 Å². The number of carbonyl (C=O) groups is 2. The van der Waals surface area contributed by atoms with E-state index >= 15 is 0 Å². The van der Waals surface area contributed by atoms with Gasteiger partial charge in [-0.1, -0.05) is 0 Å². The number of hydrogen-bond donors (Lipinski definition) is 1. The summed E-state index contributed by atoms with van der Waals surface area (Å²) in [5, 5.41) is 0. The quantitative estimate of drug-likeness (QED) is 0.483. The van der Waals surface area contributed by atoms with Crippen molar-refractivity contribution in [1.29, 1.82) is 0 Å². The Bertz CT molecular complexity index is 727. The predicted molar refractivity (Wildman–Crippen MR) is 76.9 cm³/mol. The van der Waals surface area contributed by atoms with Gasteiger partial charge in [-0.2, -0.15) is 0 Å². The van der Waals surface area contributed by atoms with Crippen LogP contribution in [0.25, 0.3) is 0 Å². The van der Waals surface area contributed by atoms with Crippen LogP contribution < -0.4 is 0 Å². The molecule has 20 heavy (non-hydrogen) atoms. The second kappa shape index (κ2) is 4.13. The lowest BCUT2D eigenvalue weighted by molar-refractivity contribution is -0.133. The van der Waals surface area contributed by atoms with Gasteiger partial charge < -0.3 is 4.98 Å². The molecule has 1 aromatic rings. The molecule has 4 nitrogen and oxygen atoms in total. The van der Waals surface area contributed by atoms with E-state index in [9.17, 15) is 9.59 Å². The Morgan fingerprint density at radius 3 is 2.20 bits per heavy atom. The van der Waals surface area contributed by atoms with Gasteiger partial charge in [0.15, 0.2) is 11.6 Å². The maximum Gasteiger partial charge on any atom is 0.185 e. The maximum atomic E-state index is 12.4. The molecule has 0 atom stereocenters. The van der Waals surface area contributed by atoms with Crippen molar-refractivity contribution in [3.63, 3.8) is 0 Å². The third kappa shape index (κ3) is 1.64. The van der Waals surface area contributed by atoms with Crippen LogP contribution >= 0.6 is 0 Å². The Balaban J connectivity index is 2.02. The summed E-state index contributed by atoms with van der Waals surface area (Å²) in [7, 11) is 0. The van der Waals surface area contributed by atoms with Crippen LogP contribution in [0.5, 0.6) is 0 Å². The minimum absolute atomic E-state index is 0.124. The van der Waals surface area contributed by atoms with E-state index in [4.69, 9.17) is 0 Å². The molecule has 0 radical (unpaired) electrons. The molecule has 0 bridgehead atoms. The van der Waals surface area contributed by atoms with Gasteiger partial charge in [0.05, 0.1) is 11.3 Å². The molecule has 1 N–H and O–H groups in total. The van der Waals surface area contributed by atoms with Gasteiger partial charge in [-0.05, 0) is 51.0 Å². The molecular formula is C16H16N2O2. The number of carbonyl (C=O) groups excluding carboxylic acids is 2. The molecule has 0 unspecified atom stereocenters. The molecule has 1 aliphatic carbocycles. The van der Waals surface area contributed by atoms with Gasteiger partial charge in [0.1, 0.15) is 5.92 Å². The molecule has 2 aliphatic rings. The number of aliphatic imine (C=N–C) groups is 1. The number of nitrogens with one attached hydrogen (secondary N) is 1. The van der Waals surface area contributed by atoms with E-state index in [1.165, 1.54) is 0 Å². The Hall–Kier alpha value is -2.23. The number of H-pyrrole nitrogens is 1. The summed E-state index contributed by atoms with van der Waals surface area (Å²) < 4.78 is 0. The summed E-state index contributed by atoms with van der Waals surface area (Å²) >= 11 is 0. The molecule has 4 heteroatoms. The molecule has 3 rings (SSSR count). The van der Waals surface area contributed by atoms with Crippen molar-refractivity contribution in [3.8, 4) is 0 Å². The zero-order chi connectivity index (χ0) is 14.6. The summed E-state index contributed by atoms with van der Waals surface area (Å²) in [6.07, 6.45) is 1.89. The van der Waals surface area contributed by atoms with Crippen LogP contribution in [-0.2, 0) is 9.59 Å². The molecule has 0 amide bonds. The summed E-state index contributed by atoms with van der Waals surface area (Å²) in [5.41, 5.74) is 5.17. The fraction of sp³-hybridized carbons (Fsp3) is 0.312. The van der Waals surface area contributed by atoms with Gasteiger partial charge in [0.25, 0.3) is 0 Å². The molecule has 2 heterocycles. The number of Topliss-reactive ketones (excluding diaryl/α,β-unsaturated/α-hetero) is 2. The van der Waals surface area contributed by atoms with Crippen molar-refractivity contribution in [2.75, 3.05) is 0 Å². The molecule has 102 valence electrons. The first kappa shape index (κ1) is 12.8. The zero-order valence-electron chi connectivity index (χ0n) is 12.0. The lowest BCUT2D eigenvalue weighted by atomic mass is 9.73. The highest BCUT2D eigenvalue weighted by molar-refractivity contribution is 6.42. The second-order valence-electron chi connectivity index (χ2n) is 5.51. The smallest absolute Gasteiger partial charge is 0.185 e. The minimum atomic E-state index is -0.671. The number of allylic oxidation sites excluding steroid dienone is 3. The van der Waals surface area contributed by atoms with Crippen molar-refractivity contribution in [1.82, 2.24) is 4.98 Å². The molecule has 0 aromatic carbocycles. The molecule has 0 saturated heterocycles. The first-order chi connectivity index (χ1) is 9.40. The van der Waals surface area contributed by atoms with E-state index in [0.717, 1.165) is 28.2 Å². The van der Waals surface area contributed by atoms with E-state index in [1.54, 1.807) is 0 Å². The van der Waals surface area contributed by atoms with Crippen LogP contribution in [0, 0.1) is 13.8 Å². The molecule has 1 saturated carbocycles. The SMILES string of the molecule is CC1=CC(C)=NC1=C1C(=O)C(c2[nH]c(C)cc2C)C1=O. The number of hydrogen-bond acceptors (Lipinski definition) is 3. The van der Waals surface area contributed by atoms with Crippen molar-refractivity contribution in [2.24, 2.45) is 4.99 Å². The lowest BCUT2D eigenvalue weighted by Crippen LogP contribution is -2.40. The number of aryl methyl sites for hydroxylation is 2. The topological polar surface area (TPSA) is 62.3 Å². The Labute approximate surface area is 117 Å². The highest BCUT2D eigenvalue weighted by Crippen LogP contribution is 2.39. The number of rotatable bonds is 1. The predicted octanol–water partition coefficient (Wildman–Crippen LogP) is 2.54. The maximum absolute atomic E-state index is 12.4. The number of aromatic nitrogens is 1. The average molecular weight is 268 g/mol. The first-order valence-electron chi connectivity index (χ1n) is 6.63. The van der Waals surface area contributed by atoms with Gasteiger partial charge in [0.2, 0.25) is 0 Å². The van der Waals surface area contributed by atoms with Crippen molar-refractivity contribution >= 4 is 17.3 Å². The summed E-state index contributed by atoms with van der Waals surface area (Å²) in [5.74, 6) is -0.919. The van der Waals surface area contributed by atoms with E-state index < -0.39 is 5.92 Å². The van der Waals surface area contributed by atoms with Crippen LogP contribution in [0.4, 0.5) is 0 Å². The summed E-state index contributed by atoms with van der Waals surface area (Å²) in [6.45, 7) is 7.56. The monoisotopic (exact) mass is 268 g/mol. The van der Waals surface area contributed by atoms with Crippen molar-refractivity contribution < 1.29 is 9.59 Å². The fourth-order valence-corrected chi connectivity index (χ4v) is 2.93. The first-order valence-corrected chi connectivity index (χ1v) is 6.63. The molecule has 1 aliphatic heterocycles. The van der Waals surface area contributed by atoms with E-state index in [0.29, 0.717) is 5.70 Å². The highest BCUT2D eigenvalue weighted by Gasteiger charge is 2.48. The van der Waals surface area contributed by atoms with Crippen LogP contribution in [0.2, 0.25) is 0 Å².